The smallest absolute Gasteiger partial charge is 0.137 e. The van der Waals surface area contributed by atoms with Crippen LogP contribution in [0.3, 0.4) is 0 Å². The van der Waals surface area contributed by atoms with Crippen molar-refractivity contribution in [2.45, 2.75) is 25.4 Å². The molecule has 3 rings (SSSR count). The molecule has 0 amide bonds. The average molecular weight is 231 g/mol. The Kier molecular flexibility index (Phi) is 2.61. The van der Waals surface area contributed by atoms with Gasteiger partial charge in [0.25, 0.3) is 0 Å². The van der Waals surface area contributed by atoms with Crippen LogP contribution in [0.25, 0.3) is 5.65 Å². The van der Waals surface area contributed by atoms with Crippen LogP contribution in [0.5, 0.6) is 0 Å². The Hall–Kier alpha value is -1.39. The Balaban J connectivity index is 1.72. The van der Waals surface area contributed by atoms with E-state index in [1.54, 1.807) is 0 Å². The Labute approximate surface area is 101 Å². The van der Waals surface area contributed by atoms with Crippen molar-refractivity contribution in [3.05, 3.63) is 36.3 Å². The number of nitrogens with one attached hydrogen (secondary N) is 1. The van der Waals surface area contributed by atoms with Crippen molar-refractivity contribution in [1.82, 2.24) is 14.7 Å². The van der Waals surface area contributed by atoms with E-state index in [9.17, 15) is 0 Å². The number of pyridine rings is 1. The van der Waals surface area contributed by atoms with Crippen LogP contribution in [0.15, 0.2) is 30.6 Å². The summed E-state index contributed by atoms with van der Waals surface area (Å²) < 4.78 is 7.47. The summed E-state index contributed by atoms with van der Waals surface area (Å²) in [7, 11) is 0. The first kappa shape index (κ1) is 10.7. The number of aromatic nitrogens is 2. The van der Waals surface area contributed by atoms with Gasteiger partial charge in [0.15, 0.2) is 0 Å². The third kappa shape index (κ3) is 2.18. The second kappa shape index (κ2) is 4.13. The van der Waals surface area contributed by atoms with E-state index in [0.29, 0.717) is 0 Å². The highest BCUT2D eigenvalue weighted by Gasteiger charge is 2.28. The van der Waals surface area contributed by atoms with E-state index in [-0.39, 0.29) is 5.54 Å². The largest absolute Gasteiger partial charge is 0.379 e. The zero-order valence-corrected chi connectivity index (χ0v) is 10.0. The molecule has 0 spiro atoms. The van der Waals surface area contributed by atoms with Gasteiger partial charge in [-0.3, -0.25) is 0 Å². The van der Waals surface area contributed by atoms with Gasteiger partial charge in [0.05, 0.1) is 12.3 Å². The maximum atomic E-state index is 5.42. The summed E-state index contributed by atoms with van der Waals surface area (Å²) in [6.45, 7) is 4.65. The summed E-state index contributed by atoms with van der Waals surface area (Å²) in [6, 6.07) is 6.04. The molecule has 4 heteroatoms. The predicted octanol–water partition coefficient (Wildman–Crippen LogP) is 1.60. The van der Waals surface area contributed by atoms with E-state index in [0.717, 1.165) is 37.5 Å². The lowest BCUT2D eigenvalue weighted by atomic mass is 10.0. The van der Waals surface area contributed by atoms with E-state index in [1.165, 1.54) is 0 Å². The first-order chi connectivity index (χ1) is 8.25. The zero-order valence-electron chi connectivity index (χ0n) is 10.0. The van der Waals surface area contributed by atoms with Gasteiger partial charge in [0.2, 0.25) is 0 Å². The molecular weight excluding hydrogens is 214 g/mol. The molecule has 4 nitrogen and oxygen atoms in total. The van der Waals surface area contributed by atoms with Gasteiger partial charge in [0.1, 0.15) is 5.65 Å². The first-order valence-corrected chi connectivity index (χ1v) is 6.01. The number of imidazole rings is 1. The van der Waals surface area contributed by atoms with Crippen LogP contribution in [0, 0.1) is 0 Å². The third-order valence-corrected chi connectivity index (χ3v) is 3.33. The van der Waals surface area contributed by atoms with Gasteiger partial charge < -0.3 is 14.5 Å². The van der Waals surface area contributed by atoms with E-state index in [4.69, 9.17) is 4.74 Å². The molecule has 0 bridgehead atoms. The zero-order chi connectivity index (χ0) is 11.7. The molecule has 0 aromatic carbocycles. The molecule has 90 valence electrons. The molecule has 0 radical (unpaired) electrons. The SMILES string of the molecule is CC1(NCc2cn3ccccc3n2)CCOC1. The van der Waals surface area contributed by atoms with Crippen molar-refractivity contribution in [1.29, 1.82) is 0 Å². The molecule has 2 aromatic heterocycles. The molecule has 17 heavy (non-hydrogen) atoms. The molecule has 0 saturated carbocycles. The van der Waals surface area contributed by atoms with Gasteiger partial charge in [-0.05, 0) is 25.5 Å². The maximum absolute atomic E-state index is 5.42. The second-order valence-electron chi connectivity index (χ2n) is 4.92. The minimum atomic E-state index is 0.107. The van der Waals surface area contributed by atoms with Crippen molar-refractivity contribution < 1.29 is 4.74 Å². The number of fused-ring (bicyclic) bond motifs is 1. The van der Waals surface area contributed by atoms with Crippen molar-refractivity contribution in [2.24, 2.45) is 0 Å². The molecule has 1 saturated heterocycles. The summed E-state index contributed by atoms with van der Waals surface area (Å²) in [5, 5.41) is 3.53. The normalized spacial score (nSPS) is 24.5. The average Bonchev–Trinajstić information content (AvgIpc) is 2.93. The molecule has 1 aliphatic rings. The molecular formula is C13H17N3O. The van der Waals surface area contributed by atoms with Gasteiger partial charge >= 0.3 is 0 Å². The molecule has 1 aliphatic heterocycles. The van der Waals surface area contributed by atoms with Crippen molar-refractivity contribution in [2.75, 3.05) is 13.2 Å². The predicted molar refractivity (Wildman–Crippen MR) is 65.9 cm³/mol. The monoisotopic (exact) mass is 231 g/mol. The quantitative estimate of drug-likeness (QED) is 0.872. The number of hydrogen-bond acceptors (Lipinski definition) is 3. The molecule has 1 fully saturated rings. The molecule has 1 atom stereocenters. The highest BCUT2D eigenvalue weighted by molar-refractivity contribution is 5.39. The number of ether oxygens (including phenoxy) is 1. The fourth-order valence-electron chi connectivity index (χ4n) is 2.18. The molecule has 3 heterocycles. The van der Waals surface area contributed by atoms with Crippen molar-refractivity contribution >= 4 is 5.65 Å². The van der Waals surface area contributed by atoms with E-state index >= 15 is 0 Å². The van der Waals surface area contributed by atoms with Crippen LogP contribution in [-0.2, 0) is 11.3 Å². The van der Waals surface area contributed by atoms with E-state index in [1.807, 2.05) is 28.8 Å². The molecule has 1 unspecified atom stereocenters. The summed E-state index contributed by atoms with van der Waals surface area (Å²) in [4.78, 5) is 4.56. The summed E-state index contributed by atoms with van der Waals surface area (Å²) >= 11 is 0. The van der Waals surface area contributed by atoms with Crippen LogP contribution in [0.2, 0.25) is 0 Å². The van der Waals surface area contributed by atoms with Crippen LogP contribution in [0.1, 0.15) is 19.0 Å². The van der Waals surface area contributed by atoms with E-state index in [2.05, 4.69) is 23.4 Å². The van der Waals surface area contributed by atoms with E-state index < -0.39 is 0 Å². The van der Waals surface area contributed by atoms with Crippen molar-refractivity contribution in [3.8, 4) is 0 Å². The molecule has 0 aliphatic carbocycles. The van der Waals surface area contributed by atoms with Gasteiger partial charge in [-0.25, -0.2) is 4.98 Å². The second-order valence-corrected chi connectivity index (χ2v) is 4.92. The third-order valence-electron chi connectivity index (χ3n) is 3.33. The first-order valence-electron chi connectivity index (χ1n) is 6.01. The highest BCUT2D eigenvalue weighted by Crippen LogP contribution is 2.18. The van der Waals surface area contributed by atoms with Crippen LogP contribution in [-0.4, -0.2) is 28.1 Å². The Bertz CT molecular complexity index is 481. The minimum absolute atomic E-state index is 0.107. The number of nitrogens with zero attached hydrogens (tertiary/aromatic N) is 2. The van der Waals surface area contributed by atoms with Crippen LogP contribution in [0.4, 0.5) is 0 Å². The fourth-order valence-corrected chi connectivity index (χ4v) is 2.18. The minimum Gasteiger partial charge on any atom is -0.379 e. The lowest BCUT2D eigenvalue weighted by Gasteiger charge is -2.22. The number of rotatable bonds is 3. The van der Waals surface area contributed by atoms with Gasteiger partial charge in [-0.15, -0.1) is 0 Å². The Morgan fingerprint density at radius 2 is 2.47 bits per heavy atom. The summed E-state index contributed by atoms with van der Waals surface area (Å²) in [5.74, 6) is 0. The van der Waals surface area contributed by atoms with Gasteiger partial charge in [-0.1, -0.05) is 6.07 Å². The fraction of sp³-hybridized carbons (Fsp3) is 0.462. The Morgan fingerprint density at radius 1 is 1.53 bits per heavy atom. The highest BCUT2D eigenvalue weighted by atomic mass is 16.5. The van der Waals surface area contributed by atoms with Crippen molar-refractivity contribution in [3.63, 3.8) is 0 Å². The Morgan fingerprint density at radius 3 is 3.24 bits per heavy atom. The summed E-state index contributed by atoms with van der Waals surface area (Å²) in [6.07, 6.45) is 5.16. The topological polar surface area (TPSA) is 38.6 Å². The van der Waals surface area contributed by atoms with Crippen LogP contribution < -0.4 is 5.32 Å². The maximum Gasteiger partial charge on any atom is 0.137 e. The van der Waals surface area contributed by atoms with Gasteiger partial charge in [0, 0.05) is 31.1 Å². The van der Waals surface area contributed by atoms with Gasteiger partial charge in [-0.2, -0.15) is 0 Å². The standard InChI is InChI=1S/C13H17N3O/c1-13(5-7-17-10-13)14-8-11-9-16-6-3-2-4-12(16)15-11/h2-4,6,9,14H,5,7-8,10H2,1H3. The summed E-state index contributed by atoms with van der Waals surface area (Å²) in [5.41, 5.74) is 2.18. The number of hydrogen-bond donors (Lipinski definition) is 1. The lowest BCUT2D eigenvalue weighted by Crippen LogP contribution is -2.42. The lowest BCUT2D eigenvalue weighted by molar-refractivity contribution is 0.171. The molecule has 2 aromatic rings. The molecule has 1 N–H and O–H groups in total. The van der Waals surface area contributed by atoms with Crippen LogP contribution >= 0.6 is 0 Å².